The van der Waals surface area contributed by atoms with Crippen LogP contribution >= 0.6 is 23.4 Å². The molecule has 0 aliphatic rings. The van der Waals surface area contributed by atoms with Crippen LogP contribution in [0.2, 0.25) is 5.15 Å². The van der Waals surface area contributed by atoms with Crippen molar-refractivity contribution in [3.05, 3.63) is 17.0 Å². The van der Waals surface area contributed by atoms with Crippen molar-refractivity contribution in [3.8, 4) is 0 Å². The van der Waals surface area contributed by atoms with Gasteiger partial charge in [0.2, 0.25) is 0 Å². The molecule has 0 aromatic carbocycles. The Morgan fingerprint density at radius 1 is 1.40 bits per heavy atom. The summed E-state index contributed by atoms with van der Waals surface area (Å²) in [7, 11) is 0. The van der Waals surface area contributed by atoms with Crippen LogP contribution in [-0.4, -0.2) is 28.5 Å². The third-order valence-corrected chi connectivity index (χ3v) is 2.78. The molecule has 5 heteroatoms. The van der Waals surface area contributed by atoms with Crippen molar-refractivity contribution in [3.63, 3.8) is 0 Å². The number of rotatable bonds is 6. The molecule has 1 heterocycles. The molecule has 15 heavy (non-hydrogen) atoms. The number of nitrogens with one attached hydrogen (secondary N) is 1. The van der Waals surface area contributed by atoms with E-state index in [9.17, 15) is 0 Å². The number of unbranched alkanes of at least 4 members (excludes halogenated alkanes) is 1. The van der Waals surface area contributed by atoms with Crippen LogP contribution in [0.25, 0.3) is 0 Å². The molecule has 0 aliphatic heterocycles. The van der Waals surface area contributed by atoms with Gasteiger partial charge in [0.05, 0.1) is 0 Å². The number of nitrogens with zero attached hydrogens (tertiary/aromatic N) is 2. The van der Waals surface area contributed by atoms with Crippen molar-refractivity contribution >= 4 is 29.2 Å². The molecule has 0 fully saturated rings. The van der Waals surface area contributed by atoms with Gasteiger partial charge in [-0.05, 0) is 31.8 Å². The molecular weight excluding hydrogens is 230 g/mol. The lowest BCUT2D eigenvalue weighted by Gasteiger charge is -2.05. The second-order valence-electron chi connectivity index (χ2n) is 3.25. The van der Waals surface area contributed by atoms with Crippen LogP contribution in [0.4, 0.5) is 5.82 Å². The molecule has 84 valence electrons. The third-order valence-electron chi connectivity index (χ3n) is 1.89. The van der Waals surface area contributed by atoms with Gasteiger partial charge in [0, 0.05) is 12.6 Å². The van der Waals surface area contributed by atoms with Crippen molar-refractivity contribution in [2.45, 2.75) is 19.8 Å². The zero-order chi connectivity index (χ0) is 11.1. The summed E-state index contributed by atoms with van der Waals surface area (Å²) in [5.41, 5.74) is 0. The van der Waals surface area contributed by atoms with E-state index < -0.39 is 0 Å². The molecule has 3 nitrogen and oxygen atoms in total. The molecule has 1 aromatic heterocycles. The predicted octanol–water partition coefficient (Wildman–Crippen LogP) is 2.99. The first-order chi connectivity index (χ1) is 7.22. The van der Waals surface area contributed by atoms with Crippen LogP contribution in [0, 0.1) is 6.92 Å². The number of hydrogen-bond donors (Lipinski definition) is 1. The second-order valence-corrected chi connectivity index (χ2v) is 4.62. The Balaban J connectivity index is 2.31. The van der Waals surface area contributed by atoms with Crippen LogP contribution in [0.15, 0.2) is 6.07 Å². The van der Waals surface area contributed by atoms with Gasteiger partial charge in [-0.25, -0.2) is 9.97 Å². The zero-order valence-corrected chi connectivity index (χ0v) is 10.7. The minimum atomic E-state index is 0.495. The maximum absolute atomic E-state index is 5.82. The first kappa shape index (κ1) is 12.6. The van der Waals surface area contributed by atoms with Gasteiger partial charge in [0.25, 0.3) is 0 Å². The number of hydrogen-bond acceptors (Lipinski definition) is 4. The fourth-order valence-electron chi connectivity index (χ4n) is 1.21. The smallest absolute Gasteiger partial charge is 0.134 e. The van der Waals surface area contributed by atoms with Gasteiger partial charge in [0.15, 0.2) is 0 Å². The molecule has 0 radical (unpaired) electrons. The standard InChI is InChI=1S/C10H16ClN3S/c1-8-13-9(11)7-10(14-8)12-5-3-4-6-15-2/h7H,3-6H2,1-2H3,(H,12,13,14). The summed E-state index contributed by atoms with van der Waals surface area (Å²) in [6, 6.07) is 1.75. The normalized spacial score (nSPS) is 10.3. The zero-order valence-electron chi connectivity index (χ0n) is 9.09. The summed E-state index contributed by atoms with van der Waals surface area (Å²) in [5, 5.41) is 3.73. The highest BCUT2D eigenvalue weighted by atomic mass is 35.5. The SMILES string of the molecule is CSCCCCNc1cc(Cl)nc(C)n1. The Morgan fingerprint density at radius 2 is 2.20 bits per heavy atom. The summed E-state index contributed by atoms with van der Waals surface area (Å²) in [6.07, 6.45) is 4.51. The summed E-state index contributed by atoms with van der Waals surface area (Å²) in [5.74, 6) is 2.73. The van der Waals surface area contributed by atoms with E-state index in [2.05, 4.69) is 21.5 Å². The molecule has 0 saturated heterocycles. The largest absolute Gasteiger partial charge is 0.370 e. The molecule has 1 N–H and O–H groups in total. The van der Waals surface area contributed by atoms with Gasteiger partial charge in [0.1, 0.15) is 16.8 Å². The highest BCUT2D eigenvalue weighted by molar-refractivity contribution is 7.98. The second kappa shape index (κ2) is 6.90. The molecule has 0 saturated carbocycles. The van der Waals surface area contributed by atoms with E-state index in [0.717, 1.165) is 18.8 Å². The van der Waals surface area contributed by atoms with Crippen LogP contribution < -0.4 is 5.32 Å². The van der Waals surface area contributed by atoms with Crippen molar-refractivity contribution in [2.24, 2.45) is 0 Å². The van der Waals surface area contributed by atoms with E-state index in [0.29, 0.717) is 11.0 Å². The van der Waals surface area contributed by atoms with E-state index in [1.54, 1.807) is 6.07 Å². The summed E-state index contributed by atoms with van der Waals surface area (Å²) >= 11 is 7.70. The molecule has 1 rings (SSSR count). The summed E-state index contributed by atoms with van der Waals surface area (Å²) < 4.78 is 0. The number of anilines is 1. The third kappa shape index (κ3) is 5.23. The summed E-state index contributed by atoms with van der Waals surface area (Å²) in [6.45, 7) is 2.78. The van der Waals surface area contributed by atoms with E-state index in [1.165, 1.54) is 12.2 Å². The molecule has 0 aliphatic carbocycles. The first-order valence-electron chi connectivity index (χ1n) is 4.96. The Bertz CT molecular complexity index is 286. The average Bonchev–Trinajstić information content (AvgIpc) is 2.16. The number of aromatic nitrogens is 2. The van der Waals surface area contributed by atoms with Crippen molar-refractivity contribution in [2.75, 3.05) is 23.9 Å². The summed E-state index contributed by atoms with van der Waals surface area (Å²) in [4.78, 5) is 8.24. The number of aryl methyl sites for hydroxylation is 1. The lowest BCUT2D eigenvalue weighted by molar-refractivity contribution is 0.837. The maximum atomic E-state index is 5.82. The lowest BCUT2D eigenvalue weighted by atomic mass is 10.3. The van der Waals surface area contributed by atoms with Gasteiger partial charge < -0.3 is 5.32 Å². The van der Waals surface area contributed by atoms with E-state index in [1.807, 2.05) is 18.7 Å². The fourth-order valence-corrected chi connectivity index (χ4v) is 1.93. The van der Waals surface area contributed by atoms with Gasteiger partial charge >= 0.3 is 0 Å². The number of thioether (sulfide) groups is 1. The van der Waals surface area contributed by atoms with E-state index in [4.69, 9.17) is 11.6 Å². The minimum Gasteiger partial charge on any atom is -0.370 e. The monoisotopic (exact) mass is 245 g/mol. The lowest BCUT2D eigenvalue weighted by Crippen LogP contribution is -2.05. The first-order valence-corrected chi connectivity index (χ1v) is 6.73. The topological polar surface area (TPSA) is 37.8 Å². The minimum absolute atomic E-state index is 0.495. The van der Waals surface area contributed by atoms with Crippen molar-refractivity contribution < 1.29 is 0 Å². The van der Waals surface area contributed by atoms with Crippen LogP contribution in [0.1, 0.15) is 18.7 Å². The van der Waals surface area contributed by atoms with E-state index >= 15 is 0 Å². The average molecular weight is 246 g/mol. The van der Waals surface area contributed by atoms with Crippen LogP contribution in [-0.2, 0) is 0 Å². The molecule has 0 unspecified atom stereocenters. The molecule has 0 atom stereocenters. The van der Waals surface area contributed by atoms with Gasteiger partial charge in [-0.2, -0.15) is 11.8 Å². The Kier molecular flexibility index (Phi) is 5.79. The molecule has 0 amide bonds. The quantitative estimate of drug-likeness (QED) is 0.618. The number of halogens is 1. The Labute approximate surface area is 100 Å². The fraction of sp³-hybridized carbons (Fsp3) is 0.600. The van der Waals surface area contributed by atoms with Gasteiger partial charge in [-0.3, -0.25) is 0 Å². The highest BCUT2D eigenvalue weighted by Gasteiger charge is 1.98. The van der Waals surface area contributed by atoms with Crippen LogP contribution in [0.3, 0.4) is 0 Å². The molecular formula is C10H16ClN3S. The Hall–Kier alpha value is -0.480. The molecule has 1 aromatic rings. The maximum Gasteiger partial charge on any atom is 0.134 e. The predicted molar refractivity (Wildman–Crippen MR) is 67.9 cm³/mol. The van der Waals surface area contributed by atoms with Crippen molar-refractivity contribution in [1.29, 1.82) is 0 Å². The van der Waals surface area contributed by atoms with E-state index in [-0.39, 0.29) is 0 Å². The highest BCUT2D eigenvalue weighted by Crippen LogP contribution is 2.11. The van der Waals surface area contributed by atoms with Gasteiger partial charge in [-0.1, -0.05) is 11.6 Å². The van der Waals surface area contributed by atoms with Crippen molar-refractivity contribution in [1.82, 2.24) is 9.97 Å². The van der Waals surface area contributed by atoms with Crippen LogP contribution in [0.5, 0.6) is 0 Å². The van der Waals surface area contributed by atoms with Gasteiger partial charge in [-0.15, -0.1) is 0 Å². The molecule has 0 bridgehead atoms. The Morgan fingerprint density at radius 3 is 2.87 bits per heavy atom. The molecule has 0 spiro atoms.